The number of aromatic amines is 1. The molecule has 4 rings (SSSR count). The number of aromatic nitrogens is 2. The summed E-state index contributed by atoms with van der Waals surface area (Å²) in [4.78, 5) is 34.9. The predicted molar refractivity (Wildman–Crippen MR) is 110 cm³/mol. The predicted octanol–water partition coefficient (Wildman–Crippen LogP) is 2.88. The molecule has 6 heteroatoms. The third-order valence-corrected chi connectivity index (χ3v) is 5.23. The number of hydrogen-bond acceptors (Lipinski definition) is 4. The van der Waals surface area contributed by atoms with Crippen LogP contribution >= 0.6 is 0 Å². The van der Waals surface area contributed by atoms with E-state index in [2.05, 4.69) is 9.97 Å². The van der Waals surface area contributed by atoms with Gasteiger partial charge in [-0.05, 0) is 24.6 Å². The van der Waals surface area contributed by atoms with Crippen molar-refractivity contribution in [2.45, 2.75) is 26.3 Å². The van der Waals surface area contributed by atoms with E-state index in [9.17, 15) is 9.59 Å². The number of hydrogen-bond donors (Lipinski definition) is 1. The lowest BCUT2D eigenvalue weighted by atomic mass is 10.0. The van der Waals surface area contributed by atoms with Gasteiger partial charge < -0.3 is 14.6 Å². The molecule has 0 atom stereocenters. The molecule has 0 bridgehead atoms. The van der Waals surface area contributed by atoms with Crippen LogP contribution in [0.5, 0.6) is 5.75 Å². The quantitative estimate of drug-likeness (QED) is 0.745. The molecule has 0 unspecified atom stereocenters. The van der Waals surface area contributed by atoms with E-state index in [4.69, 9.17) is 4.74 Å². The molecule has 0 radical (unpaired) electrons. The van der Waals surface area contributed by atoms with Gasteiger partial charge in [-0.3, -0.25) is 9.59 Å². The number of methoxy groups -OCH3 is 1. The zero-order valence-corrected chi connectivity index (χ0v) is 16.6. The maximum absolute atomic E-state index is 12.9. The molecule has 148 valence electrons. The average Bonchev–Trinajstić information content (AvgIpc) is 2.74. The first-order valence-electron chi connectivity index (χ1n) is 9.64. The molecule has 29 heavy (non-hydrogen) atoms. The molecular formula is C23H23N3O3. The second-order valence-corrected chi connectivity index (χ2v) is 7.28. The first-order valence-corrected chi connectivity index (χ1v) is 9.64. The maximum atomic E-state index is 12.9. The number of benzene rings is 2. The van der Waals surface area contributed by atoms with E-state index >= 15 is 0 Å². The Bertz CT molecular complexity index is 1100. The summed E-state index contributed by atoms with van der Waals surface area (Å²) in [6.07, 6.45) is 1.13. The minimum absolute atomic E-state index is 0.142. The molecule has 1 aliphatic heterocycles. The Labute approximate surface area is 169 Å². The van der Waals surface area contributed by atoms with Gasteiger partial charge >= 0.3 is 0 Å². The fourth-order valence-corrected chi connectivity index (χ4v) is 3.62. The molecule has 0 saturated heterocycles. The Hall–Kier alpha value is -3.41. The van der Waals surface area contributed by atoms with Crippen LogP contribution in [0, 0.1) is 6.92 Å². The number of H-pyrrole nitrogens is 1. The highest BCUT2D eigenvalue weighted by molar-refractivity contribution is 5.97. The highest BCUT2D eigenvalue weighted by Crippen LogP contribution is 2.22. The van der Waals surface area contributed by atoms with E-state index < -0.39 is 0 Å². The lowest BCUT2D eigenvalue weighted by molar-refractivity contribution is 0.0729. The van der Waals surface area contributed by atoms with Gasteiger partial charge in [0.2, 0.25) is 0 Å². The van der Waals surface area contributed by atoms with Gasteiger partial charge in [0.15, 0.2) is 0 Å². The van der Waals surface area contributed by atoms with Crippen LogP contribution in [0.4, 0.5) is 0 Å². The highest BCUT2D eigenvalue weighted by Gasteiger charge is 2.26. The van der Waals surface area contributed by atoms with Crippen molar-refractivity contribution in [1.29, 1.82) is 0 Å². The topological polar surface area (TPSA) is 75.3 Å². The minimum atomic E-state index is -0.172. The molecule has 0 saturated carbocycles. The van der Waals surface area contributed by atoms with Crippen LogP contribution < -0.4 is 10.3 Å². The molecule has 0 spiro atoms. The van der Waals surface area contributed by atoms with Gasteiger partial charge in [-0.15, -0.1) is 0 Å². The molecule has 3 aromatic rings. The van der Waals surface area contributed by atoms with E-state index in [1.165, 1.54) is 5.56 Å². The lowest BCUT2D eigenvalue weighted by Gasteiger charge is -2.28. The fourth-order valence-electron chi connectivity index (χ4n) is 3.62. The van der Waals surface area contributed by atoms with Crippen LogP contribution in [0.1, 0.15) is 38.6 Å². The molecule has 1 N–H and O–H groups in total. The molecule has 1 aliphatic rings. The molecule has 1 amide bonds. The van der Waals surface area contributed by atoms with Crippen molar-refractivity contribution in [1.82, 2.24) is 14.9 Å². The summed E-state index contributed by atoms with van der Waals surface area (Å²) in [5, 5.41) is 0. The van der Waals surface area contributed by atoms with Gasteiger partial charge in [-0.2, -0.15) is 0 Å². The zero-order valence-electron chi connectivity index (χ0n) is 16.6. The van der Waals surface area contributed by atoms with E-state index in [1.54, 1.807) is 30.2 Å². The van der Waals surface area contributed by atoms with E-state index in [0.717, 1.165) is 11.3 Å². The Morgan fingerprint density at radius 3 is 2.69 bits per heavy atom. The zero-order chi connectivity index (χ0) is 20.4. The monoisotopic (exact) mass is 389 g/mol. The van der Waals surface area contributed by atoms with Gasteiger partial charge in [-0.1, -0.05) is 42.0 Å². The number of fused-ring (bicyclic) bond motifs is 1. The summed E-state index contributed by atoms with van der Waals surface area (Å²) in [5.41, 5.74) is 3.96. The van der Waals surface area contributed by atoms with Crippen LogP contribution in [0.3, 0.4) is 0 Å². The van der Waals surface area contributed by atoms with Crippen molar-refractivity contribution in [2.75, 3.05) is 13.7 Å². The van der Waals surface area contributed by atoms with Gasteiger partial charge in [-0.25, -0.2) is 4.98 Å². The van der Waals surface area contributed by atoms with Crippen LogP contribution in [-0.4, -0.2) is 34.4 Å². The molecule has 0 aliphatic carbocycles. The van der Waals surface area contributed by atoms with E-state index in [-0.39, 0.29) is 18.0 Å². The Kier molecular flexibility index (Phi) is 5.16. The number of para-hydroxylation sites is 1. The maximum Gasteiger partial charge on any atom is 0.257 e. The first-order chi connectivity index (χ1) is 14.0. The van der Waals surface area contributed by atoms with Crippen LogP contribution in [0.15, 0.2) is 53.3 Å². The number of nitrogens with zero attached hydrogens (tertiary/aromatic N) is 2. The third-order valence-electron chi connectivity index (χ3n) is 5.23. The number of rotatable bonds is 4. The van der Waals surface area contributed by atoms with Crippen molar-refractivity contribution >= 4 is 5.91 Å². The highest BCUT2D eigenvalue weighted by atomic mass is 16.5. The Morgan fingerprint density at radius 2 is 1.93 bits per heavy atom. The number of ether oxygens (including phenoxy) is 1. The second-order valence-electron chi connectivity index (χ2n) is 7.28. The lowest BCUT2D eigenvalue weighted by Crippen LogP contribution is -2.40. The summed E-state index contributed by atoms with van der Waals surface area (Å²) in [5.74, 6) is 1.04. The van der Waals surface area contributed by atoms with E-state index in [0.29, 0.717) is 42.1 Å². The van der Waals surface area contributed by atoms with Gasteiger partial charge in [0.05, 0.1) is 30.5 Å². The van der Waals surface area contributed by atoms with E-state index in [1.807, 2.05) is 37.3 Å². The Balaban J connectivity index is 1.56. The van der Waals surface area contributed by atoms with Crippen LogP contribution in [0.25, 0.3) is 0 Å². The molecule has 6 nitrogen and oxygen atoms in total. The second kappa shape index (κ2) is 7.91. The summed E-state index contributed by atoms with van der Waals surface area (Å²) < 4.78 is 5.30. The third kappa shape index (κ3) is 3.92. The van der Waals surface area contributed by atoms with Crippen LogP contribution in [0.2, 0.25) is 0 Å². The fraction of sp³-hybridized carbons (Fsp3) is 0.261. The number of amides is 1. The first kappa shape index (κ1) is 18.9. The minimum Gasteiger partial charge on any atom is -0.496 e. The van der Waals surface area contributed by atoms with Crippen molar-refractivity contribution in [3.05, 3.63) is 92.7 Å². The standard InChI is InChI=1S/C23H23N3O3/c1-15-7-9-16(10-8-15)13-21-24-19-11-12-26(14-18(19)22(27)25-21)23(28)17-5-3-4-6-20(17)29-2/h3-10H,11-14H2,1-2H3,(H,24,25,27). The number of carbonyl (C=O) groups is 1. The summed E-state index contributed by atoms with van der Waals surface area (Å²) >= 11 is 0. The molecule has 0 fully saturated rings. The molecule has 1 aromatic heterocycles. The molecular weight excluding hydrogens is 366 g/mol. The van der Waals surface area contributed by atoms with Gasteiger partial charge in [0.1, 0.15) is 11.6 Å². The SMILES string of the molecule is COc1ccccc1C(=O)N1CCc2nc(Cc3ccc(C)cc3)[nH]c(=O)c2C1. The molecule has 2 aromatic carbocycles. The van der Waals surface area contributed by atoms with Crippen molar-refractivity contribution < 1.29 is 9.53 Å². The van der Waals surface area contributed by atoms with Crippen molar-refractivity contribution in [3.63, 3.8) is 0 Å². The summed E-state index contributed by atoms with van der Waals surface area (Å²) in [6.45, 7) is 2.81. The summed E-state index contributed by atoms with van der Waals surface area (Å²) in [6, 6.07) is 15.3. The van der Waals surface area contributed by atoms with Crippen LogP contribution in [-0.2, 0) is 19.4 Å². The normalized spacial score (nSPS) is 13.1. The van der Waals surface area contributed by atoms with Gasteiger partial charge in [0.25, 0.3) is 11.5 Å². The number of nitrogens with one attached hydrogen (secondary N) is 1. The smallest absolute Gasteiger partial charge is 0.257 e. The molecule has 2 heterocycles. The van der Waals surface area contributed by atoms with Crippen molar-refractivity contribution in [2.24, 2.45) is 0 Å². The Morgan fingerprint density at radius 1 is 1.17 bits per heavy atom. The number of carbonyl (C=O) groups excluding carboxylic acids is 1. The largest absolute Gasteiger partial charge is 0.496 e. The summed E-state index contributed by atoms with van der Waals surface area (Å²) in [7, 11) is 1.54. The van der Waals surface area contributed by atoms with Gasteiger partial charge in [0, 0.05) is 19.4 Å². The average molecular weight is 389 g/mol. The number of aryl methyl sites for hydroxylation is 1. The van der Waals surface area contributed by atoms with Crippen molar-refractivity contribution in [3.8, 4) is 5.75 Å².